The number of aliphatic hydroxyl groups is 1. The topological polar surface area (TPSA) is 90.9 Å². The van der Waals surface area contributed by atoms with Gasteiger partial charge < -0.3 is 10.4 Å². The van der Waals surface area contributed by atoms with Crippen LogP contribution in [0.4, 0.5) is 13.2 Å². The third-order valence-corrected chi connectivity index (χ3v) is 2.89. The lowest BCUT2D eigenvalue weighted by Crippen LogP contribution is -2.32. The Hall–Kier alpha value is -2.42. The van der Waals surface area contributed by atoms with Crippen LogP contribution in [0.5, 0.6) is 0 Å². The molecular formula is C13H13F3N4O2. The minimum Gasteiger partial charge on any atom is -0.378 e. The number of carbonyl (C=O) groups is 1. The van der Waals surface area contributed by atoms with E-state index in [4.69, 9.17) is 0 Å². The highest BCUT2D eigenvalue weighted by Crippen LogP contribution is 2.26. The van der Waals surface area contributed by atoms with E-state index in [1.165, 1.54) is 6.92 Å². The number of aromatic nitrogens is 3. The predicted octanol–water partition coefficient (Wildman–Crippen LogP) is 1.73. The first kappa shape index (κ1) is 16.0. The fraction of sp³-hybridized carbons (Fsp3) is 0.308. The molecule has 2 rings (SSSR count). The van der Waals surface area contributed by atoms with E-state index < -0.39 is 30.1 Å². The Labute approximate surface area is 123 Å². The van der Waals surface area contributed by atoms with Crippen LogP contribution in [0.15, 0.2) is 30.3 Å². The summed E-state index contributed by atoms with van der Waals surface area (Å²) in [6.45, 7) is 1.43. The lowest BCUT2D eigenvalue weighted by molar-refractivity contribution is -0.144. The quantitative estimate of drug-likeness (QED) is 0.801. The molecule has 0 bridgehead atoms. The van der Waals surface area contributed by atoms with Gasteiger partial charge >= 0.3 is 6.18 Å². The first-order valence-corrected chi connectivity index (χ1v) is 6.32. The van der Waals surface area contributed by atoms with E-state index in [1.54, 1.807) is 30.3 Å². The van der Waals surface area contributed by atoms with E-state index >= 15 is 0 Å². The predicted molar refractivity (Wildman–Crippen MR) is 69.3 cm³/mol. The van der Waals surface area contributed by atoms with Crippen molar-refractivity contribution in [2.75, 3.05) is 0 Å². The number of H-pyrrole nitrogens is 1. The van der Waals surface area contributed by atoms with Crippen LogP contribution in [-0.2, 0) is 11.0 Å². The van der Waals surface area contributed by atoms with Crippen LogP contribution in [0.2, 0.25) is 0 Å². The Kier molecular flexibility index (Phi) is 4.45. The van der Waals surface area contributed by atoms with Gasteiger partial charge in [0.25, 0.3) is 11.7 Å². The second-order valence-corrected chi connectivity index (χ2v) is 4.59. The van der Waals surface area contributed by atoms with E-state index in [0.29, 0.717) is 5.56 Å². The third kappa shape index (κ3) is 3.61. The molecule has 1 aromatic carbocycles. The zero-order valence-corrected chi connectivity index (χ0v) is 11.4. The lowest BCUT2D eigenvalue weighted by atomic mass is 10.1. The average Bonchev–Trinajstić information content (AvgIpc) is 2.97. The van der Waals surface area contributed by atoms with Crippen molar-refractivity contribution in [2.24, 2.45) is 0 Å². The number of halogens is 3. The standard InChI is InChI=1S/C13H13F3N4O2/c1-7(10-18-12(20-19-10)13(14,15)16)17-11(22)9(21)8-5-3-2-4-6-8/h2-7,9,21H,1H3,(H,17,22)(H,18,19,20)/t7?,9-/m0/s1. The van der Waals surface area contributed by atoms with E-state index in [2.05, 4.69) is 20.5 Å². The van der Waals surface area contributed by atoms with Gasteiger partial charge in [-0.1, -0.05) is 30.3 Å². The summed E-state index contributed by atoms with van der Waals surface area (Å²) in [6, 6.07) is 7.29. The number of nitrogens with one attached hydrogen (secondary N) is 2. The van der Waals surface area contributed by atoms with E-state index in [-0.39, 0.29) is 5.82 Å². The number of hydrogen-bond donors (Lipinski definition) is 3. The highest BCUT2D eigenvalue weighted by atomic mass is 19.4. The van der Waals surface area contributed by atoms with Crippen molar-refractivity contribution >= 4 is 5.91 Å². The van der Waals surface area contributed by atoms with Gasteiger partial charge in [0.15, 0.2) is 6.10 Å². The first-order valence-electron chi connectivity index (χ1n) is 6.32. The molecule has 1 amide bonds. The molecule has 2 aromatic rings. The zero-order valence-electron chi connectivity index (χ0n) is 11.4. The maximum atomic E-state index is 12.4. The van der Waals surface area contributed by atoms with Crippen LogP contribution < -0.4 is 5.32 Å². The van der Waals surface area contributed by atoms with E-state index in [9.17, 15) is 23.1 Å². The van der Waals surface area contributed by atoms with E-state index in [1.807, 2.05) is 0 Å². The molecule has 0 aliphatic heterocycles. The van der Waals surface area contributed by atoms with Crippen LogP contribution >= 0.6 is 0 Å². The molecular weight excluding hydrogens is 301 g/mol. The molecule has 0 saturated carbocycles. The molecule has 1 heterocycles. The SMILES string of the molecule is CC(NC(=O)[C@@H](O)c1ccccc1)c1nc(C(F)(F)F)n[nH]1. The Morgan fingerprint density at radius 1 is 1.32 bits per heavy atom. The number of amides is 1. The Morgan fingerprint density at radius 3 is 2.50 bits per heavy atom. The second kappa shape index (κ2) is 6.14. The monoisotopic (exact) mass is 314 g/mol. The second-order valence-electron chi connectivity index (χ2n) is 4.59. The van der Waals surface area contributed by atoms with Crippen molar-refractivity contribution in [2.45, 2.75) is 25.2 Å². The van der Waals surface area contributed by atoms with Crippen LogP contribution in [-0.4, -0.2) is 26.2 Å². The molecule has 6 nitrogen and oxygen atoms in total. The van der Waals surface area contributed by atoms with Gasteiger partial charge in [0.05, 0.1) is 6.04 Å². The maximum Gasteiger partial charge on any atom is 0.453 e. The largest absolute Gasteiger partial charge is 0.453 e. The van der Waals surface area contributed by atoms with Gasteiger partial charge in [0, 0.05) is 0 Å². The van der Waals surface area contributed by atoms with Gasteiger partial charge in [0.1, 0.15) is 5.82 Å². The third-order valence-electron chi connectivity index (χ3n) is 2.89. The Morgan fingerprint density at radius 2 is 1.95 bits per heavy atom. The van der Waals surface area contributed by atoms with Gasteiger partial charge in [-0.25, -0.2) is 4.98 Å². The first-order chi connectivity index (χ1) is 10.3. The highest BCUT2D eigenvalue weighted by Gasteiger charge is 2.36. The van der Waals surface area contributed by atoms with Crippen molar-refractivity contribution in [3.63, 3.8) is 0 Å². The molecule has 3 N–H and O–H groups in total. The summed E-state index contributed by atoms with van der Waals surface area (Å²) in [6.07, 6.45) is -6.09. The summed E-state index contributed by atoms with van der Waals surface area (Å²) in [5.41, 5.74) is 0.376. The number of hydrogen-bond acceptors (Lipinski definition) is 4. The molecule has 0 spiro atoms. The Bertz CT molecular complexity index is 642. The summed E-state index contributed by atoms with van der Waals surface area (Å²) < 4.78 is 37.2. The summed E-state index contributed by atoms with van der Waals surface area (Å²) in [5.74, 6) is -2.21. The van der Waals surface area contributed by atoms with Crippen molar-refractivity contribution in [3.05, 3.63) is 47.5 Å². The molecule has 118 valence electrons. The number of aliphatic hydroxyl groups excluding tert-OH is 1. The smallest absolute Gasteiger partial charge is 0.378 e. The minimum atomic E-state index is -4.66. The molecule has 22 heavy (non-hydrogen) atoms. The summed E-state index contributed by atoms with van der Waals surface area (Å²) in [7, 11) is 0. The number of carbonyl (C=O) groups excluding carboxylic acids is 1. The normalized spacial score (nSPS) is 14.4. The summed E-state index contributed by atoms with van der Waals surface area (Å²) >= 11 is 0. The van der Waals surface area contributed by atoms with Crippen molar-refractivity contribution < 1.29 is 23.1 Å². The van der Waals surface area contributed by atoms with Crippen molar-refractivity contribution in [1.29, 1.82) is 0 Å². The molecule has 0 radical (unpaired) electrons. The van der Waals surface area contributed by atoms with Crippen LogP contribution in [0, 0.1) is 0 Å². The summed E-state index contributed by atoms with van der Waals surface area (Å²) in [5, 5.41) is 17.4. The lowest BCUT2D eigenvalue weighted by Gasteiger charge is -2.15. The highest BCUT2D eigenvalue weighted by molar-refractivity contribution is 5.82. The summed E-state index contributed by atoms with van der Waals surface area (Å²) in [4.78, 5) is 15.2. The molecule has 0 aliphatic rings. The number of benzene rings is 1. The van der Waals surface area contributed by atoms with Crippen LogP contribution in [0.3, 0.4) is 0 Å². The minimum absolute atomic E-state index is 0.152. The Balaban J connectivity index is 2.04. The fourth-order valence-corrected chi connectivity index (χ4v) is 1.74. The number of rotatable bonds is 4. The van der Waals surface area contributed by atoms with Gasteiger partial charge in [-0.3, -0.25) is 9.89 Å². The van der Waals surface area contributed by atoms with Gasteiger partial charge in [-0.05, 0) is 12.5 Å². The number of nitrogens with zero attached hydrogens (tertiary/aromatic N) is 2. The van der Waals surface area contributed by atoms with Gasteiger partial charge in [-0.15, -0.1) is 5.10 Å². The molecule has 9 heteroatoms. The van der Waals surface area contributed by atoms with Gasteiger partial charge in [0.2, 0.25) is 0 Å². The fourth-order valence-electron chi connectivity index (χ4n) is 1.74. The number of aromatic amines is 1. The number of alkyl halides is 3. The van der Waals surface area contributed by atoms with Crippen LogP contribution in [0.25, 0.3) is 0 Å². The molecule has 1 unspecified atom stereocenters. The molecule has 0 fully saturated rings. The maximum absolute atomic E-state index is 12.4. The van der Waals surface area contributed by atoms with E-state index in [0.717, 1.165) is 0 Å². The van der Waals surface area contributed by atoms with Crippen molar-refractivity contribution in [3.8, 4) is 0 Å². The molecule has 1 aromatic heterocycles. The van der Waals surface area contributed by atoms with Gasteiger partial charge in [-0.2, -0.15) is 13.2 Å². The molecule has 2 atom stereocenters. The molecule has 0 saturated heterocycles. The molecule has 0 aliphatic carbocycles. The van der Waals surface area contributed by atoms with Crippen LogP contribution in [0.1, 0.15) is 36.3 Å². The zero-order chi connectivity index (χ0) is 16.3. The average molecular weight is 314 g/mol. The van der Waals surface area contributed by atoms with Crippen molar-refractivity contribution in [1.82, 2.24) is 20.5 Å².